The highest BCUT2D eigenvalue weighted by atomic mass is 32.1. The Balaban J connectivity index is 1.93. The topological polar surface area (TPSA) is 71.3 Å². The summed E-state index contributed by atoms with van der Waals surface area (Å²) in [6, 6.07) is 7.23. The Kier molecular flexibility index (Phi) is 5.91. The van der Waals surface area contributed by atoms with Crippen LogP contribution in [0.25, 0.3) is 0 Å². The molecular weight excluding hydrogens is 300 g/mol. The molecule has 2 heterocycles. The molecule has 2 aromatic heterocycles. The summed E-state index contributed by atoms with van der Waals surface area (Å²) in [5, 5.41) is 14.0. The number of nitrogens with zero attached hydrogens (tertiary/aromatic N) is 1. The molecule has 5 nitrogen and oxygen atoms in total. The Morgan fingerprint density at radius 1 is 1.36 bits per heavy atom. The van der Waals surface area contributed by atoms with E-state index < -0.39 is 0 Å². The van der Waals surface area contributed by atoms with E-state index >= 15 is 0 Å². The van der Waals surface area contributed by atoms with Gasteiger partial charge in [0.25, 0.3) is 11.5 Å². The summed E-state index contributed by atoms with van der Waals surface area (Å²) < 4.78 is 1.38. The number of hydrogen-bond donors (Lipinski definition) is 2. The fourth-order valence-electron chi connectivity index (χ4n) is 2.33. The third-order valence-corrected chi connectivity index (χ3v) is 4.60. The average molecular weight is 320 g/mol. The minimum atomic E-state index is -0.352. The van der Waals surface area contributed by atoms with Crippen molar-refractivity contribution in [1.82, 2.24) is 9.88 Å². The van der Waals surface area contributed by atoms with Crippen LogP contribution in [0.2, 0.25) is 0 Å². The molecule has 6 heteroatoms. The molecule has 22 heavy (non-hydrogen) atoms. The molecule has 0 radical (unpaired) electrons. The quantitative estimate of drug-likeness (QED) is 0.816. The number of nitrogens with one attached hydrogen (secondary N) is 1. The van der Waals surface area contributed by atoms with E-state index in [0.717, 1.165) is 6.42 Å². The molecule has 1 atom stereocenters. The van der Waals surface area contributed by atoms with Crippen molar-refractivity contribution >= 4 is 17.2 Å². The summed E-state index contributed by atoms with van der Waals surface area (Å²) >= 11 is 1.65. The molecule has 0 saturated heterocycles. The molecule has 0 saturated carbocycles. The third kappa shape index (κ3) is 4.05. The number of thiophene rings is 1. The van der Waals surface area contributed by atoms with E-state index in [1.54, 1.807) is 30.6 Å². The van der Waals surface area contributed by atoms with Crippen LogP contribution in [0.1, 0.15) is 34.0 Å². The highest BCUT2D eigenvalue weighted by molar-refractivity contribution is 7.10. The second-order valence-corrected chi connectivity index (χ2v) is 6.09. The zero-order chi connectivity index (χ0) is 15.9. The standard InChI is InChI=1S/C16H20N2O3S/c1-18-9-2-4-13(16(18)21)15(20)17-8-6-12(7-10-19)14-5-3-11-22-14/h2-5,9,11-12,19H,6-8,10H2,1H3,(H,17,20)/t12-/m0/s1. The van der Waals surface area contributed by atoms with Crippen LogP contribution < -0.4 is 10.9 Å². The van der Waals surface area contributed by atoms with Crippen molar-refractivity contribution in [2.45, 2.75) is 18.8 Å². The highest BCUT2D eigenvalue weighted by Gasteiger charge is 2.14. The van der Waals surface area contributed by atoms with Crippen molar-refractivity contribution in [3.63, 3.8) is 0 Å². The molecule has 0 aromatic carbocycles. The van der Waals surface area contributed by atoms with Crippen molar-refractivity contribution in [1.29, 1.82) is 0 Å². The SMILES string of the molecule is Cn1cccc(C(=O)NCC[C@@H](CCO)c2cccs2)c1=O. The summed E-state index contributed by atoms with van der Waals surface area (Å²) in [5.74, 6) is -0.126. The first-order valence-electron chi connectivity index (χ1n) is 7.21. The molecule has 0 spiro atoms. The van der Waals surface area contributed by atoms with Crippen LogP contribution in [-0.2, 0) is 7.05 Å². The summed E-state index contributed by atoms with van der Waals surface area (Å²) in [7, 11) is 1.62. The zero-order valence-electron chi connectivity index (χ0n) is 12.5. The van der Waals surface area contributed by atoms with Crippen LogP contribution in [0.3, 0.4) is 0 Å². The summed E-state index contributed by atoms with van der Waals surface area (Å²) in [4.78, 5) is 25.1. The lowest BCUT2D eigenvalue weighted by Crippen LogP contribution is -2.32. The number of carbonyl (C=O) groups excluding carboxylic acids is 1. The molecule has 0 unspecified atom stereocenters. The van der Waals surface area contributed by atoms with Gasteiger partial charge in [0.15, 0.2) is 0 Å². The van der Waals surface area contributed by atoms with Gasteiger partial charge in [0.1, 0.15) is 5.56 Å². The van der Waals surface area contributed by atoms with Crippen LogP contribution in [0.5, 0.6) is 0 Å². The highest BCUT2D eigenvalue weighted by Crippen LogP contribution is 2.26. The molecule has 0 aliphatic carbocycles. The summed E-state index contributed by atoms with van der Waals surface area (Å²) in [6.07, 6.45) is 3.02. The summed E-state index contributed by atoms with van der Waals surface area (Å²) in [6.45, 7) is 0.592. The number of aliphatic hydroxyl groups excluding tert-OH is 1. The molecule has 2 rings (SSSR count). The fourth-order valence-corrected chi connectivity index (χ4v) is 3.23. The van der Waals surface area contributed by atoms with Gasteiger partial charge in [-0.2, -0.15) is 0 Å². The normalized spacial score (nSPS) is 12.1. The lowest BCUT2D eigenvalue weighted by Gasteiger charge is -2.14. The number of hydrogen-bond acceptors (Lipinski definition) is 4. The van der Waals surface area contributed by atoms with Gasteiger partial charge in [-0.05, 0) is 42.3 Å². The van der Waals surface area contributed by atoms with Crippen LogP contribution in [-0.4, -0.2) is 28.7 Å². The molecule has 0 aliphatic rings. The van der Waals surface area contributed by atoms with Crippen LogP contribution in [0.4, 0.5) is 0 Å². The number of amides is 1. The largest absolute Gasteiger partial charge is 0.396 e. The number of aryl methyl sites for hydroxylation is 1. The Morgan fingerprint density at radius 3 is 2.86 bits per heavy atom. The smallest absolute Gasteiger partial charge is 0.263 e. The second kappa shape index (κ2) is 7.91. The first-order chi connectivity index (χ1) is 10.6. The molecule has 0 fully saturated rings. The summed E-state index contributed by atoms with van der Waals surface area (Å²) in [5.41, 5.74) is -0.148. The third-order valence-electron chi connectivity index (χ3n) is 3.57. The van der Waals surface area contributed by atoms with E-state index in [1.165, 1.54) is 15.5 Å². The average Bonchev–Trinajstić information content (AvgIpc) is 3.03. The van der Waals surface area contributed by atoms with E-state index in [2.05, 4.69) is 5.32 Å². The predicted octanol–water partition coefficient (Wildman–Crippen LogP) is 1.73. The Labute approximate surface area is 133 Å². The number of carbonyl (C=O) groups is 1. The fraction of sp³-hybridized carbons (Fsp3) is 0.375. The van der Waals surface area contributed by atoms with Crippen molar-refractivity contribution in [3.8, 4) is 0 Å². The number of aliphatic hydroxyl groups is 1. The van der Waals surface area contributed by atoms with Gasteiger partial charge >= 0.3 is 0 Å². The zero-order valence-corrected chi connectivity index (χ0v) is 13.3. The van der Waals surface area contributed by atoms with Gasteiger partial charge in [-0.3, -0.25) is 9.59 Å². The van der Waals surface area contributed by atoms with Crippen LogP contribution >= 0.6 is 11.3 Å². The Morgan fingerprint density at radius 2 is 2.18 bits per heavy atom. The molecule has 2 N–H and O–H groups in total. The monoisotopic (exact) mass is 320 g/mol. The lowest BCUT2D eigenvalue weighted by atomic mass is 10.00. The van der Waals surface area contributed by atoms with Gasteiger partial charge in [-0.15, -0.1) is 11.3 Å². The molecule has 2 aromatic rings. The maximum absolute atomic E-state index is 12.1. The number of aromatic nitrogens is 1. The van der Waals surface area contributed by atoms with E-state index in [9.17, 15) is 9.59 Å². The minimum absolute atomic E-state index is 0.121. The van der Waals surface area contributed by atoms with Gasteiger partial charge in [-0.25, -0.2) is 0 Å². The Bertz CT molecular complexity index is 664. The van der Waals surface area contributed by atoms with Crippen molar-refractivity contribution in [2.75, 3.05) is 13.2 Å². The van der Waals surface area contributed by atoms with E-state index in [-0.39, 0.29) is 29.6 Å². The van der Waals surface area contributed by atoms with Crippen LogP contribution in [0.15, 0.2) is 40.6 Å². The Hall–Kier alpha value is -1.92. The van der Waals surface area contributed by atoms with E-state index in [0.29, 0.717) is 13.0 Å². The number of rotatable bonds is 7. The van der Waals surface area contributed by atoms with E-state index in [4.69, 9.17) is 5.11 Å². The van der Waals surface area contributed by atoms with Crippen molar-refractivity contribution in [2.24, 2.45) is 7.05 Å². The van der Waals surface area contributed by atoms with Gasteiger partial charge < -0.3 is 15.0 Å². The van der Waals surface area contributed by atoms with E-state index in [1.807, 2.05) is 17.5 Å². The predicted molar refractivity (Wildman–Crippen MR) is 87.4 cm³/mol. The van der Waals surface area contributed by atoms with Gasteiger partial charge in [0.2, 0.25) is 0 Å². The molecule has 0 aliphatic heterocycles. The van der Waals surface area contributed by atoms with Crippen molar-refractivity contribution in [3.05, 3.63) is 56.6 Å². The molecule has 118 valence electrons. The molecule has 0 bridgehead atoms. The second-order valence-electron chi connectivity index (χ2n) is 5.11. The number of pyridine rings is 1. The molecular formula is C16H20N2O3S. The lowest BCUT2D eigenvalue weighted by molar-refractivity contribution is 0.0950. The first-order valence-corrected chi connectivity index (χ1v) is 8.09. The van der Waals surface area contributed by atoms with Gasteiger partial charge in [-0.1, -0.05) is 6.07 Å². The maximum Gasteiger partial charge on any atom is 0.263 e. The maximum atomic E-state index is 12.1. The van der Waals surface area contributed by atoms with Crippen molar-refractivity contribution < 1.29 is 9.90 Å². The van der Waals surface area contributed by atoms with Gasteiger partial charge in [0.05, 0.1) is 0 Å². The molecule has 1 amide bonds. The first kappa shape index (κ1) is 16.5. The van der Waals surface area contributed by atoms with Gasteiger partial charge in [0, 0.05) is 31.3 Å². The van der Waals surface area contributed by atoms with Crippen LogP contribution in [0, 0.1) is 0 Å². The minimum Gasteiger partial charge on any atom is -0.396 e.